The highest BCUT2D eigenvalue weighted by Gasteiger charge is 2.38. The molecule has 1 aromatic heterocycles. The summed E-state index contributed by atoms with van der Waals surface area (Å²) in [4.78, 5) is 4.76. The fraction of sp³-hybridized carbons (Fsp3) is 0.417. The summed E-state index contributed by atoms with van der Waals surface area (Å²) in [7, 11) is -1.10. The molecule has 0 radical (unpaired) electrons. The first kappa shape index (κ1) is 12.2. The molecule has 2 heterocycles. The van der Waals surface area contributed by atoms with Gasteiger partial charge in [0.25, 0.3) is 0 Å². The zero-order chi connectivity index (χ0) is 12.6. The SMILES string of the molecule is CC(C)(Op1oo1)[C@@H]1CSC(c2ccccc2)=N1. The maximum atomic E-state index is 5.72. The summed E-state index contributed by atoms with van der Waals surface area (Å²) in [6.07, 6.45) is 0. The molecule has 96 valence electrons. The van der Waals surface area contributed by atoms with Gasteiger partial charge >= 0.3 is 8.24 Å². The minimum atomic E-state index is -1.10. The summed E-state index contributed by atoms with van der Waals surface area (Å²) >= 11 is 1.77. The summed E-state index contributed by atoms with van der Waals surface area (Å²) in [6, 6.07) is 10.4. The molecular weight excluding hydrogens is 269 g/mol. The van der Waals surface area contributed by atoms with Crippen LogP contribution in [0.25, 0.3) is 0 Å². The van der Waals surface area contributed by atoms with Crippen molar-refractivity contribution in [1.29, 1.82) is 0 Å². The van der Waals surface area contributed by atoms with E-state index in [2.05, 4.69) is 12.1 Å². The number of hydrogen-bond donors (Lipinski definition) is 0. The molecule has 0 amide bonds. The standard InChI is InChI=1S/C12H14NO3PS/c1-12(2,14-17-15-16-17)10-8-18-11(13-10)9-6-4-3-5-7-9/h3-7,10H,8H2,1-2H3/t10-/m0/s1. The number of nitrogens with zero attached hydrogens (tertiary/aromatic N) is 1. The van der Waals surface area contributed by atoms with Crippen LogP contribution in [0.3, 0.4) is 0 Å². The van der Waals surface area contributed by atoms with Gasteiger partial charge < -0.3 is 0 Å². The van der Waals surface area contributed by atoms with Gasteiger partial charge in [0.05, 0.1) is 11.1 Å². The Hall–Kier alpha value is -0.900. The summed E-state index contributed by atoms with van der Waals surface area (Å²) in [5.74, 6) is 0.931. The van der Waals surface area contributed by atoms with Gasteiger partial charge in [-0.05, 0) is 13.8 Å². The van der Waals surface area contributed by atoms with Crippen LogP contribution in [0.1, 0.15) is 19.4 Å². The zero-order valence-electron chi connectivity index (χ0n) is 10.2. The predicted octanol–water partition coefficient (Wildman–Crippen LogP) is 3.63. The van der Waals surface area contributed by atoms with E-state index in [1.54, 1.807) is 11.8 Å². The van der Waals surface area contributed by atoms with E-state index in [1.165, 1.54) is 5.56 Å². The molecule has 0 unspecified atom stereocenters. The van der Waals surface area contributed by atoms with Gasteiger partial charge in [-0.3, -0.25) is 9.52 Å². The summed E-state index contributed by atoms with van der Waals surface area (Å²) in [5.41, 5.74) is 0.816. The second-order valence-electron chi connectivity index (χ2n) is 4.69. The van der Waals surface area contributed by atoms with Crippen molar-refractivity contribution in [1.82, 2.24) is 0 Å². The smallest absolute Gasteiger partial charge is 0.271 e. The second kappa shape index (κ2) is 4.65. The fourth-order valence-electron chi connectivity index (χ4n) is 1.77. The molecule has 0 bridgehead atoms. The molecule has 1 aromatic carbocycles. The van der Waals surface area contributed by atoms with Crippen molar-refractivity contribution in [2.45, 2.75) is 25.5 Å². The Morgan fingerprint density at radius 1 is 1.33 bits per heavy atom. The Labute approximate surface area is 111 Å². The first-order valence-corrected chi connectivity index (χ1v) is 7.83. The maximum absolute atomic E-state index is 5.72. The Morgan fingerprint density at radius 3 is 2.72 bits per heavy atom. The summed E-state index contributed by atoms with van der Waals surface area (Å²) in [6.45, 7) is 4.06. The van der Waals surface area contributed by atoms with Crippen molar-refractivity contribution >= 4 is 25.0 Å². The molecule has 0 saturated carbocycles. The Bertz CT molecular complexity index is 531. The first-order chi connectivity index (χ1) is 8.65. The first-order valence-electron chi connectivity index (χ1n) is 5.75. The van der Waals surface area contributed by atoms with E-state index in [0.29, 0.717) is 0 Å². The molecule has 6 heteroatoms. The molecule has 18 heavy (non-hydrogen) atoms. The van der Waals surface area contributed by atoms with Gasteiger partial charge in [0.2, 0.25) is 0 Å². The van der Waals surface area contributed by atoms with Gasteiger partial charge in [0.1, 0.15) is 5.60 Å². The van der Waals surface area contributed by atoms with Crippen LogP contribution in [0, 0.1) is 0 Å². The molecule has 3 rings (SSSR count). The van der Waals surface area contributed by atoms with Crippen molar-refractivity contribution in [3.63, 3.8) is 0 Å². The third-order valence-electron chi connectivity index (χ3n) is 2.92. The Kier molecular flexibility index (Phi) is 3.14. The average molecular weight is 283 g/mol. The summed E-state index contributed by atoms with van der Waals surface area (Å²) in [5, 5.41) is 1.09. The number of hydrogen-bond acceptors (Lipinski definition) is 5. The number of rotatable bonds is 4. The highest BCUT2D eigenvalue weighted by Crippen LogP contribution is 2.39. The monoisotopic (exact) mass is 283 g/mol. The molecule has 1 aliphatic rings. The molecule has 1 atom stereocenters. The minimum absolute atomic E-state index is 0.132. The molecule has 0 saturated heterocycles. The van der Waals surface area contributed by atoms with Crippen LogP contribution in [0.4, 0.5) is 0 Å². The third-order valence-corrected chi connectivity index (χ3v) is 4.91. The van der Waals surface area contributed by atoms with E-state index in [0.717, 1.165) is 10.8 Å². The number of thioether (sulfide) groups is 1. The van der Waals surface area contributed by atoms with Gasteiger partial charge in [0.15, 0.2) is 0 Å². The highest BCUT2D eigenvalue weighted by atomic mass is 32.2. The van der Waals surface area contributed by atoms with E-state index in [1.807, 2.05) is 32.0 Å². The van der Waals surface area contributed by atoms with Gasteiger partial charge in [-0.15, -0.1) is 11.8 Å². The summed E-state index contributed by atoms with van der Waals surface area (Å²) < 4.78 is 15.1. The van der Waals surface area contributed by atoms with E-state index in [4.69, 9.17) is 18.2 Å². The van der Waals surface area contributed by atoms with Crippen molar-refractivity contribution in [2.75, 3.05) is 5.75 Å². The van der Waals surface area contributed by atoms with E-state index >= 15 is 0 Å². The molecule has 2 aromatic rings. The van der Waals surface area contributed by atoms with Gasteiger partial charge in [0, 0.05) is 11.3 Å². The zero-order valence-corrected chi connectivity index (χ0v) is 11.9. The van der Waals surface area contributed by atoms with Crippen molar-refractivity contribution in [2.24, 2.45) is 4.99 Å². The van der Waals surface area contributed by atoms with Crippen molar-refractivity contribution < 1.29 is 13.2 Å². The fourth-order valence-corrected chi connectivity index (χ4v) is 3.74. The second-order valence-corrected chi connectivity index (χ2v) is 6.63. The van der Waals surface area contributed by atoms with Crippen molar-refractivity contribution in [3.8, 4) is 0 Å². The lowest BCUT2D eigenvalue weighted by molar-refractivity contribution is 0.150. The van der Waals surface area contributed by atoms with Crippen LogP contribution >= 0.6 is 20.0 Å². The lowest BCUT2D eigenvalue weighted by atomic mass is 10.0. The quantitative estimate of drug-likeness (QED) is 0.804. The third kappa shape index (κ3) is 2.58. The van der Waals surface area contributed by atoms with Crippen LogP contribution in [0.15, 0.2) is 44.0 Å². The van der Waals surface area contributed by atoms with Crippen LogP contribution < -0.4 is 4.52 Å². The molecule has 4 nitrogen and oxygen atoms in total. The van der Waals surface area contributed by atoms with Gasteiger partial charge in [-0.2, -0.15) is 0 Å². The van der Waals surface area contributed by atoms with Crippen LogP contribution in [-0.4, -0.2) is 22.4 Å². The topological polar surface area (TPSA) is 47.9 Å². The average Bonchev–Trinajstić information content (AvgIpc) is 3.01. The predicted molar refractivity (Wildman–Crippen MR) is 73.6 cm³/mol. The van der Waals surface area contributed by atoms with Crippen LogP contribution in [0.2, 0.25) is 0 Å². The lowest BCUT2D eigenvalue weighted by Gasteiger charge is -2.24. The maximum Gasteiger partial charge on any atom is 0.468 e. The number of benzene rings is 1. The van der Waals surface area contributed by atoms with Gasteiger partial charge in [-0.1, -0.05) is 30.3 Å². The van der Waals surface area contributed by atoms with E-state index < -0.39 is 8.24 Å². The van der Waals surface area contributed by atoms with Crippen LogP contribution in [-0.2, 0) is 0 Å². The van der Waals surface area contributed by atoms with Crippen molar-refractivity contribution in [3.05, 3.63) is 35.9 Å². The molecule has 0 fully saturated rings. The molecule has 0 N–H and O–H groups in total. The minimum Gasteiger partial charge on any atom is -0.271 e. The molecule has 1 aliphatic heterocycles. The van der Waals surface area contributed by atoms with E-state index in [9.17, 15) is 0 Å². The Balaban J connectivity index is 1.77. The largest absolute Gasteiger partial charge is 0.468 e. The number of aliphatic imine (C=N–C) groups is 1. The molecular formula is C12H14NO3PS. The van der Waals surface area contributed by atoms with Gasteiger partial charge in [-0.25, -0.2) is 8.71 Å². The van der Waals surface area contributed by atoms with Crippen LogP contribution in [0.5, 0.6) is 0 Å². The Morgan fingerprint density at radius 2 is 2.06 bits per heavy atom. The highest BCUT2D eigenvalue weighted by molar-refractivity contribution is 8.14. The normalized spacial score (nSPS) is 20.3. The van der Waals surface area contributed by atoms with E-state index in [-0.39, 0.29) is 11.6 Å². The molecule has 0 aliphatic carbocycles. The lowest BCUT2D eigenvalue weighted by Crippen LogP contribution is -2.40. The molecule has 0 spiro atoms.